The minimum Gasteiger partial charge on any atom is -0.322 e. The summed E-state index contributed by atoms with van der Waals surface area (Å²) >= 11 is 6.13. The quantitative estimate of drug-likeness (QED) is 0.247. The van der Waals surface area contributed by atoms with Crippen LogP contribution in [0.3, 0.4) is 0 Å². The van der Waals surface area contributed by atoms with E-state index >= 15 is 0 Å². The maximum Gasteiger partial charge on any atom is 0.263 e. The number of hydrogen-bond acceptors (Lipinski definition) is 5. The van der Waals surface area contributed by atoms with Gasteiger partial charge in [0.05, 0.1) is 15.6 Å². The number of amides is 1. The molecule has 0 unspecified atom stereocenters. The maximum absolute atomic E-state index is 12.9. The van der Waals surface area contributed by atoms with Gasteiger partial charge in [-0.25, -0.2) is 16.8 Å². The molecule has 0 saturated carbocycles. The van der Waals surface area contributed by atoms with Gasteiger partial charge in [-0.2, -0.15) is 0 Å². The van der Waals surface area contributed by atoms with Crippen LogP contribution in [0.1, 0.15) is 21.5 Å². The van der Waals surface area contributed by atoms with Crippen LogP contribution in [0.5, 0.6) is 0 Å². The highest BCUT2D eigenvalue weighted by atomic mass is 35.5. The molecular weight excluding hydrogens is 546 g/mol. The van der Waals surface area contributed by atoms with E-state index in [1.165, 1.54) is 42.5 Å². The number of sulfonamides is 2. The van der Waals surface area contributed by atoms with Crippen molar-refractivity contribution < 1.29 is 21.6 Å². The molecule has 0 fully saturated rings. The van der Waals surface area contributed by atoms with E-state index in [0.29, 0.717) is 17.1 Å². The number of halogens is 1. The van der Waals surface area contributed by atoms with Crippen molar-refractivity contribution in [2.24, 2.45) is 0 Å². The molecule has 4 aromatic rings. The zero-order valence-corrected chi connectivity index (χ0v) is 22.8. The van der Waals surface area contributed by atoms with Gasteiger partial charge >= 0.3 is 0 Å². The Morgan fingerprint density at radius 2 is 1.39 bits per heavy atom. The largest absolute Gasteiger partial charge is 0.322 e. The number of nitrogens with one attached hydrogen (secondary N) is 3. The fourth-order valence-corrected chi connectivity index (χ4v) is 6.34. The zero-order valence-electron chi connectivity index (χ0n) is 20.4. The number of carbonyl (C=O) groups excluding carboxylic acids is 1. The van der Waals surface area contributed by atoms with Crippen molar-refractivity contribution in [3.8, 4) is 0 Å². The molecule has 0 aliphatic heterocycles. The molecule has 4 rings (SSSR count). The van der Waals surface area contributed by atoms with Gasteiger partial charge in [0.15, 0.2) is 0 Å². The van der Waals surface area contributed by atoms with Crippen LogP contribution >= 0.6 is 11.6 Å². The van der Waals surface area contributed by atoms with Crippen LogP contribution in [-0.4, -0.2) is 22.7 Å². The second kappa shape index (κ2) is 10.9. The van der Waals surface area contributed by atoms with E-state index in [4.69, 9.17) is 11.6 Å². The molecule has 3 N–H and O–H groups in total. The van der Waals surface area contributed by atoms with Crippen LogP contribution in [0.25, 0.3) is 0 Å². The molecule has 0 heterocycles. The molecule has 8 nitrogen and oxygen atoms in total. The molecule has 0 bridgehead atoms. The first-order valence-electron chi connectivity index (χ1n) is 11.3. The fourth-order valence-electron chi connectivity index (χ4n) is 3.62. The number of para-hydroxylation sites is 1. The van der Waals surface area contributed by atoms with Crippen molar-refractivity contribution in [3.05, 3.63) is 113 Å². The van der Waals surface area contributed by atoms with Crippen LogP contribution in [-0.2, 0) is 20.0 Å². The minimum atomic E-state index is -4.06. The lowest BCUT2D eigenvalue weighted by Gasteiger charge is -2.13. The molecule has 0 aromatic heterocycles. The molecular formula is C27H24ClN3O5S2. The number of anilines is 3. The van der Waals surface area contributed by atoms with E-state index in [2.05, 4.69) is 14.8 Å². The summed E-state index contributed by atoms with van der Waals surface area (Å²) in [7, 11) is -7.91. The second-order valence-electron chi connectivity index (χ2n) is 8.52. The Morgan fingerprint density at radius 1 is 0.711 bits per heavy atom. The average Bonchev–Trinajstić information content (AvgIpc) is 2.86. The van der Waals surface area contributed by atoms with Gasteiger partial charge < -0.3 is 5.32 Å². The van der Waals surface area contributed by atoms with Crippen molar-refractivity contribution in [2.45, 2.75) is 23.6 Å². The highest BCUT2D eigenvalue weighted by molar-refractivity contribution is 7.93. The molecule has 0 saturated heterocycles. The lowest BCUT2D eigenvalue weighted by molar-refractivity contribution is 0.102. The monoisotopic (exact) mass is 569 g/mol. The SMILES string of the molecule is Cc1ccc(NS(=O)(=O)c2ccc(NC(=O)c3ccc(Cl)c(S(=O)(=O)Nc4ccccc4)c3)cc2)c(C)c1. The van der Waals surface area contributed by atoms with Crippen molar-refractivity contribution in [1.29, 1.82) is 0 Å². The van der Waals surface area contributed by atoms with Crippen molar-refractivity contribution >= 4 is 54.6 Å². The van der Waals surface area contributed by atoms with Crippen LogP contribution in [0, 0.1) is 13.8 Å². The van der Waals surface area contributed by atoms with Gasteiger partial charge in [-0.05, 0) is 80.1 Å². The summed E-state index contributed by atoms with van der Waals surface area (Å²) in [5.41, 5.74) is 3.01. The third-order valence-corrected chi connectivity index (χ3v) is 8.80. The van der Waals surface area contributed by atoms with Crippen molar-refractivity contribution in [1.82, 2.24) is 0 Å². The van der Waals surface area contributed by atoms with E-state index in [-0.39, 0.29) is 20.4 Å². The summed E-state index contributed by atoms with van der Waals surface area (Å²) in [5.74, 6) is -0.596. The van der Waals surface area contributed by atoms with Crippen LogP contribution in [0.15, 0.2) is 101 Å². The summed E-state index contributed by atoms with van der Waals surface area (Å²) < 4.78 is 56.4. The smallest absolute Gasteiger partial charge is 0.263 e. The lowest BCUT2D eigenvalue weighted by atomic mass is 10.1. The highest BCUT2D eigenvalue weighted by Crippen LogP contribution is 2.26. The summed E-state index contributed by atoms with van der Waals surface area (Å²) in [6, 6.07) is 23.2. The first-order valence-corrected chi connectivity index (χ1v) is 14.7. The molecule has 0 radical (unpaired) electrons. The summed E-state index contributed by atoms with van der Waals surface area (Å²) in [5, 5.41) is 2.59. The van der Waals surface area contributed by atoms with Gasteiger partial charge in [-0.1, -0.05) is 47.5 Å². The third kappa shape index (κ3) is 6.34. The highest BCUT2D eigenvalue weighted by Gasteiger charge is 2.21. The Hall–Kier alpha value is -3.86. The van der Waals surface area contributed by atoms with Crippen LogP contribution in [0.4, 0.5) is 17.1 Å². The molecule has 196 valence electrons. The summed E-state index contributed by atoms with van der Waals surface area (Å²) in [4.78, 5) is 12.6. The standard InChI is InChI=1S/C27H24ClN3O5S2/c1-18-8-15-25(19(2)16-18)31-37(33,34)23-12-10-21(11-13-23)29-27(32)20-9-14-24(28)26(17-20)38(35,36)30-22-6-4-3-5-7-22/h3-17,30-31H,1-2H3,(H,29,32). The lowest BCUT2D eigenvalue weighted by Crippen LogP contribution is -2.17. The number of benzene rings is 4. The van der Waals surface area contributed by atoms with E-state index in [9.17, 15) is 21.6 Å². The fraction of sp³-hybridized carbons (Fsp3) is 0.0741. The number of rotatable bonds is 8. The Balaban J connectivity index is 1.50. The normalized spacial score (nSPS) is 11.6. The van der Waals surface area contributed by atoms with Crippen molar-refractivity contribution in [3.63, 3.8) is 0 Å². The number of aryl methyl sites for hydroxylation is 2. The molecule has 4 aromatic carbocycles. The predicted octanol–water partition coefficient (Wildman–Crippen LogP) is 5.81. The Kier molecular flexibility index (Phi) is 7.77. The molecule has 11 heteroatoms. The molecule has 0 aliphatic carbocycles. The topological polar surface area (TPSA) is 121 Å². The Bertz CT molecular complexity index is 1710. The van der Waals surface area contributed by atoms with Crippen LogP contribution < -0.4 is 14.8 Å². The third-order valence-electron chi connectivity index (χ3n) is 5.56. The Morgan fingerprint density at radius 3 is 2.05 bits per heavy atom. The van der Waals surface area contributed by atoms with Gasteiger partial charge in [-0.15, -0.1) is 0 Å². The summed E-state index contributed by atoms with van der Waals surface area (Å²) in [6.07, 6.45) is 0. The number of hydrogen-bond donors (Lipinski definition) is 3. The maximum atomic E-state index is 12.9. The first kappa shape index (κ1) is 27.2. The van der Waals surface area contributed by atoms with E-state index < -0.39 is 26.0 Å². The van der Waals surface area contributed by atoms with Gasteiger partial charge in [0, 0.05) is 16.9 Å². The zero-order chi connectivity index (χ0) is 27.5. The molecule has 38 heavy (non-hydrogen) atoms. The van der Waals surface area contributed by atoms with E-state index in [1.54, 1.807) is 36.4 Å². The second-order valence-corrected chi connectivity index (χ2v) is 12.3. The summed E-state index contributed by atoms with van der Waals surface area (Å²) in [6.45, 7) is 3.73. The molecule has 0 aliphatic rings. The van der Waals surface area contributed by atoms with Gasteiger partial charge in [0.2, 0.25) is 0 Å². The molecule has 1 amide bonds. The average molecular weight is 570 g/mol. The van der Waals surface area contributed by atoms with Crippen molar-refractivity contribution in [2.75, 3.05) is 14.8 Å². The van der Waals surface area contributed by atoms with Gasteiger partial charge in [0.1, 0.15) is 4.90 Å². The molecule has 0 spiro atoms. The predicted molar refractivity (Wildman–Crippen MR) is 150 cm³/mol. The van der Waals surface area contributed by atoms with E-state index in [0.717, 1.165) is 11.1 Å². The van der Waals surface area contributed by atoms with Gasteiger partial charge in [-0.3, -0.25) is 14.2 Å². The minimum absolute atomic E-state index is 0.0160. The first-order chi connectivity index (χ1) is 17.9. The van der Waals surface area contributed by atoms with Gasteiger partial charge in [0.25, 0.3) is 26.0 Å². The number of carbonyl (C=O) groups is 1. The Labute approximate surface area is 226 Å². The van der Waals surface area contributed by atoms with E-state index in [1.807, 2.05) is 26.0 Å². The molecule has 0 atom stereocenters. The van der Waals surface area contributed by atoms with Crippen LogP contribution in [0.2, 0.25) is 5.02 Å².